The molecule has 1 aliphatic carbocycles. The topological polar surface area (TPSA) is 58.6 Å². The highest BCUT2D eigenvalue weighted by molar-refractivity contribution is 5.89. The largest absolute Gasteiger partial charge is 0.462 e. The van der Waals surface area contributed by atoms with E-state index >= 15 is 0 Å². The minimum Gasteiger partial charge on any atom is -0.462 e. The molecule has 5 nitrogen and oxygen atoms in total. The van der Waals surface area contributed by atoms with Gasteiger partial charge in [0.1, 0.15) is 6.10 Å². The third kappa shape index (κ3) is 5.06. The summed E-state index contributed by atoms with van der Waals surface area (Å²) < 4.78 is 5.52. The van der Waals surface area contributed by atoms with Crippen molar-refractivity contribution in [1.29, 1.82) is 0 Å². The molecule has 22 heavy (non-hydrogen) atoms. The summed E-state index contributed by atoms with van der Waals surface area (Å²) in [6.45, 7) is 0. The number of amides is 2. The van der Waals surface area contributed by atoms with Crippen LogP contribution in [0.2, 0.25) is 0 Å². The van der Waals surface area contributed by atoms with Gasteiger partial charge in [0.15, 0.2) is 0 Å². The van der Waals surface area contributed by atoms with Gasteiger partial charge in [-0.25, -0.2) is 4.79 Å². The Morgan fingerprint density at radius 1 is 1.23 bits per heavy atom. The summed E-state index contributed by atoms with van der Waals surface area (Å²) in [4.78, 5) is 25.1. The number of carbonyl (C=O) groups is 2. The first kappa shape index (κ1) is 16.3. The Kier molecular flexibility index (Phi) is 5.81. The van der Waals surface area contributed by atoms with Crippen LogP contribution < -0.4 is 5.32 Å². The monoisotopic (exact) mass is 304 g/mol. The highest BCUT2D eigenvalue weighted by Crippen LogP contribution is 2.21. The van der Waals surface area contributed by atoms with Gasteiger partial charge < -0.3 is 15.0 Å². The zero-order chi connectivity index (χ0) is 15.9. The van der Waals surface area contributed by atoms with Gasteiger partial charge in [-0.2, -0.15) is 0 Å². The number of anilines is 1. The summed E-state index contributed by atoms with van der Waals surface area (Å²) >= 11 is 0. The van der Waals surface area contributed by atoms with Gasteiger partial charge in [0.2, 0.25) is 0 Å². The van der Waals surface area contributed by atoms with Crippen LogP contribution in [0.25, 0.3) is 0 Å². The molecule has 2 amide bonds. The Morgan fingerprint density at radius 3 is 2.64 bits per heavy atom. The molecule has 0 radical (unpaired) electrons. The first-order valence-corrected chi connectivity index (χ1v) is 7.81. The minimum atomic E-state index is -0.193. The van der Waals surface area contributed by atoms with Crippen LogP contribution in [0, 0.1) is 0 Å². The van der Waals surface area contributed by atoms with Gasteiger partial charge in [0.05, 0.1) is 6.42 Å². The molecule has 2 rings (SSSR count). The lowest BCUT2D eigenvalue weighted by Crippen LogP contribution is -2.27. The van der Waals surface area contributed by atoms with Crippen molar-refractivity contribution in [2.45, 2.75) is 44.6 Å². The lowest BCUT2D eigenvalue weighted by atomic mass is 9.98. The molecule has 0 bridgehead atoms. The predicted octanol–water partition coefficient (Wildman–Crippen LogP) is 3.20. The summed E-state index contributed by atoms with van der Waals surface area (Å²) in [6, 6.07) is 7.12. The number of carbonyl (C=O) groups excluding carboxylic acids is 2. The van der Waals surface area contributed by atoms with Gasteiger partial charge >= 0.3 is 12.0 Å². The SMILES string of the molecule is CN(C)C(=O)Nc1cccc(CC(=O)OC2CCCCC2)c1. The van der Waals surface area contributed by atoms with Gasteiger partial charge in [-0.1, -0.05) is 18.6 Å². The van der Waals surface area contributed by atoms with E-state index in [1.54, 1.807) is 20.2 Å². The van der Waals surface area contributed by atoms with Crippen LogP contribution in [-0.2, 0) is 16.0 Å². The Bertz CT molecular complexity index is 522. The molecule has 0 unspecified atom stereocenters. The fourth-order valence-corrected chi connectivity index (χ4v) is 2.57. The first-order valence-electron chi connectivity index (χ1n) is 7.81. The second-order valence-electron chi connectivity index (χ2n) is 5.95. The van der Waals surface area contributed by atoms with Crippen LogP contribution in [0.5, 0.6) is 0 Å². The Morgan fingerprint density at radius 2 is 1.95 bits per heavy atom. The lowest BCUT2D eigenvalue weighted by Gasteiger charge is -2.21. The van der Waals surface area contributed by atoms with Crippen molar-refractivity contribution >= 4 is 17.7 Å². The Labute approximate surface area is 131 Å². The maximum atomic E-state index is 12.0. The lowest BCUT2D eigenvalue weighted by molar-refractivity contribution is -0.149. The first-order chi connectivity index (χ1) is 10.5. The minimum absolute atomic E-state index is 0.0814. The third-order valence-corrected chi connectivity index (χ3v) is 3.78. The molecule has 0 spiro atoms. The highest BCUT2D eigenvalue weighted by atomic mass is 16.5. The molecule has 0 heterocycles. The molecular weight excluding hydrogens is 280 g/mol. The van der Waals surface area contributed by atoms with E-state index in [1.807, 2.05) is 18.2 Å². The van der Waals surface area contributed by atoms with Gasteiger partial charge in [0.25, 0.3) is 0 Å². The normalized spacial score (nSPS) is 15.2. The molecule has 1 aliphatic rings. The van der Waals surface area contributed by atoms with Crippen molar-refractivity contribution in [2.75, 3.05) is 19.4 Å². The third-order valence-electron chi connectivity index (χ3n) is 3.78. The van der Waals surface area contributed by atoms with Gasteiger partial charge in [-0.15, -0.1) is 0 Å². The second-order valence-corrected chi connectivity index (χ2v) is 5.95. The maximum absolute atomic E-state index is 12.0. The van der Waals surface area contributed by atoms with Crippen molar-refractivity contribution in [1.82, 2.24) is 4.90 Å². The van der Waals surface area contributed by atoms with Crippen molar-refractivity contribution in [3.05, 3.63) is 29.8 Å². The van der Waals surface area contributed by atoms with Crippen LogP contribution in [0.3, 0.4) is 0 Å². The smallest absolute Gasteiger partial charge is 0.321 e. The highest BCUT2D eigenvalue weighted by Gasteiger charge is 2.17. The van der Waals surface area contributed by atoms with E-state index in [-0.39, 0.29) is 24.5 Å². The average molecular weight is 304 g/mol. The van der Waals surface area contributed by atoms with Crippen LogP contribution in [0.15, 0.2) is 24.3 Å². The molecule has 0 aromatic heterocycles. The summed E-state index contributed by atoms with van der Waals surface area (Å²) in [5, 5.41) is 2.77. The fraction of sp³-hybridized carbons (Fsp3) is 0.529. The number of hydrogen-bond acceptors (Lipinski definition) is 3. The van der Waals surface area contributed by atoms with Crippen LogP contribution in [0.4, 0.5) is 10.5 Å². The van der Waals surface area contributed by atoms with Crippen LogP contribution in [0.1, 0.15) is 37.7 Å². The van der Waals surface area contributed by atoms with E-state index in [9.17, 15) is 9.59 Å². The van der Waals surface area contributed by atoms with Gasteiger partial charge in [-0.3, -0.25) is 4.79 Å². The zero-order valence-electron chi connectivity index (χ0n) is 13.3. The molecule has 120 valence electrons. The van der Waals surface area contributed by atoms with Crippen molar-refractivity contribution < 1.29 is 14.3 Å². The molecule has 0 atom stereocenters. The summed E-state index contributed by atoms with van der Waals surface area (Å²) in [5.74, 6) is -0.192. The van der Waals surface area contributed by atoms with Crippen LogP contribution in [-0.4, -0.2) is 37.1 Å². The number of benzene rings is 1. The molecule has 0 saturated heterocycles. The fourth-order valence-electron chi connectivity index (χ4n) is 2.57. The molecule has 5 heteroatoms. The summed E-state index contributed by atoms with van der Waals surface area (Å²) in [7, 11) is 3.36. The Balaban J connectivity index is 1.89. The van der Waals surface area contributed by atoms with Gasteiger partial charge in [0, 0.05) is 19.8 Å². The van der Waals surface area contributed by atoms with Crippen molar-refractivity contribution in [2.24, 2.45) is 0 Å². The van der Waals surface area contributed by atoms with E-state index in [0.717, 1.165) is 31.2 Å². The van der Waals surface area contributed by atoms with E-state index in [1.165, 1.54) is 11.3 Å². The molecule has 1 N–H and O–H groups in total. The average Bonchev–Trinajstić information content (AvgIpc) is 2.48. The number of rotatable bonds is 4. The zero-order valence-corrected chi connectivity index (χ0v) is 13.3. The quantitative estimate of drug-likeness (QED) is 0.869. The number of nitrogens with one attached hydrogen (secondary N) is 1. The summed E-state index contributed by atoms with van der Waals surface area (Å²) in [6.07, 6.45) is 5.80. The van der Waals surface area contributed by atoms with Crippen LogP contribution >= 0.6 is 0 Å². The van der Waals surface area contributed by atoms with Gasteiger partial charge in [-0.05, 0) is 43.4 Å². The molecule has 0 aliphatic heterocycles. The number of urea groups is 1. The molecule has 1 fully saturated rings. The molecule has 1 saturated carbocycles. The molecule has 1 aromatic carbocycles. The van der Waals surface area contributed by atoms with Crippen molar-refractivity contribution in [3.63, 3.8) is 0 Å². The Hall–Kier alpha value is -2.04. The number of hydrogen-bond donors (Lipinski definition) is 1. The van der Waals surface area contributed by atoms with Crippen molar-refractivity contribution in [3.8, 4) is 0 Å². The van der Waals surface area contributed by atoms with E-state index in [0.29, 0.717) is 5.69 Å². The maximum Gasteiger partial charge on any atom is 0.321 e. The van der Waals surface area contributed by atoms with E-state index < -0.39 is 0 Å². The number of ether oxygens (including phenoxy) is 1. The predicted molar refractivity (Wildman–Crippen MR) is 85.8 cm³/mol. The van der Waals surface area contributed by atoms with E-state index in [4.69, 9.17) is 4.74 Å². The summed E-state index contributed by atoms with van der Waals surface area (Å²) in [5.41, 5.74) is 1.53. The number of nitrogens with zero attached hydrogens (tertiary/aromatic N) is 1. The van der Waals surface area contributed by atoms with E-state index in [2.05, 4.69) is 5.32 Å². The molecule has 1 aromatic rings. The standard InChI is InChI=1S/C17H24N2O3/c1-19(2)17(21)18-14-8-6-7-13(11-14)12-16(20)22-15-9-4-3-5-10-15/h6-8,11,15H,3-5,9-10,12H2,1-2H3,(H,18,21). The molecular formula is C17H24N2O3. The number of esters is 1. The second kappa shape index (κ2) is 7.82.